The number of hydrogen-bond acceptors (Lipinski definition) is 5. The van der Waals surface area contributed by atoms with Gasteiger partial charge < -0.3 is 9.47 Å². The Morgan fingerprint density at radius 2 is 2.17 bits per heavy atom. The van der Waals surface area contributed by atoms with Crippen molar-refractivity contribution in [2.24, 2.45) is 0 Å². The van der Waals surface area contributed by atoms with Crippen LogP contribution in [0.4, 0.5) is 4.39 Å². The first-order valence-corrected chi connectivity index (χ1v) is 8.21. The minimum Gasteiger partial charge on any atom is -0.489 e. The minimum atomic E-state index is -0.325. The lowest BCUT2D eigenvalue weighted by Crippen LogP contribution is -2.45. The molecule has 3 rings (SSSR count). The molecular weight excluding hydrogens is 311 g/mol. The van der Waals surface area contributed by atoms with E-state index in [1.807, 2.05) is 18.5 Å². The molecule has 2 aromatic rings. The van der Waals surface area contributed by atoms with Crippen LogP contribution in [0.2, 0.25) is 0 Å². The molecule has 0 N–H and O–H groups in total. The van der Waals surface area contributed by atoms with E-state index in [9.17, 15) is 4.39 Å². The van der Waals surface area contributed by atoms with Crippen LogP contribution >= 0.6 is 0 Å². The van der Waals surface area contributed by atoms with Gasteiger partial charge in [0.05, 0.1) is 19.3 Å². The minimum absolute atomic E-state index is 0.0759. The fraction of sp³-hybridized carbons (Fsp3) is 0.529. The van der Waals surface area contributed by atoms with E-state index in [4.69, 9.17) is 9.47 Å². The second-order valence-electron chi connectivity index (χ2n) is 5.96. The van der Waals surface area contributed by atoms with Gasteiger partial charge in [-0.15, -0.1) is 0 Å². The predicted octanol–water partition coefficient (Wildman–Crippen LogP) is 1.81. The predicted molar refractivity (Wildman–Crippen MR) is 87.6 cm³/mol. The Hall–Kier alpha value is -1.99. The summed E-state index contributed by atoms with van der Waals surface area (Å²) in [5, 5.41) is 4.38. The van der Waals surface area contributed by atoms with E-state index < -0.39 is 0 Å². The monoisotopic (exact) mass is 334 g/mol. The molecule has 6 nitrogen and oxygen atoms in total. The summed E-state index contributed by atoms with van der Waals surface area (Å²) in [5.74, 6) is 1.65. The van der Waals surface area contributed by atoms with E-state index in [0.717, 1.165) is 31.3 Å². The molecule has 1 aromatic heterocycles. The molecule has 7 heteroatoms. The van der Waals surface area contributed by atoms with Gasteiger partial charge in [0.15, 0.2) is 11.6 Å². The summed E-state index contributed by atoms with van der Waals surface area (Å²) < 4.78 is 26.8. The molecule has 0 saturated carbocycles. The molecule has 1 fully saturated rings. The van der Waals surface area contributed by atoms with Crippen LogP contribution in [0.15, 0.2) is 24.3 Å². The van der Waals surface area contributed by atoms with Crippen molar-refractivity contribution in [1.29, 1.82) is 0 Å². The Labute approximate surface area is 141 Å². The maximum atomic E-state index is 13.5. The highest BCUT2D eigenvalue weighted by atomic mass is 19.1. The molecule has 0 radical (unpaired) electrons. The van der Waals surface area contributed by atoms with Crippen molar-refractivity contribution in [2.45, 2.75) is 26.5 Å². The zero-order chi connectivity index (χ0) is 16.9. The molecule has 1 atom stereocenters. The number of para-hydroxylation sites is 1. The summed E-state index contributed by atoms with van der Waals surface area (Å²) in [6.07, 6.45) is 0.0759. The molecule has 0 bridgehead atoms. The van der Waals surface area contributed by atoms with E-state index >= 15 is 0 Å². The molecule has 1 saturated heterocycles. The van der Waals surface area contributed by atoms with Crippen molar-refractivity contribution in [3.05, 3.63) is 41.7 Å². The van der Waals surface area contributed by atoms with Crippen molar-refractivity contribution in [3.63, 3.8) is 0 Å². The van der Waals surface area contributed by atoms with Crippen LogP contribution in [0.25, 0.3) is 0 Å². The van der Waals surface area contributed by atoms with Crippen molar-refractivity contribution in [1.82, 2.24) is 19.7 Å². The molecule has 130 valence electrons. The third-order valence-corrected chi connectivity index (χ3v) is 4.06. The molecule has 2 heterocycles. The van der Waals surface area contributed by atoms with E-state index in [0.29, 0.717) is 25.5 Å². The van der Waals surface area contributed by atoms with Crippen LogP contribution in [-0.4, -0.2) is 58.6 Å². The second-order valence-corrected chi connectivity index (χ2v) is 5.96. The van der Waals surface area contributed by atoms with Gasteiger partial charge in [-0.2, -0.15) is 5.10 Å². The van der Waals surface area contributed by atoms with Crippen molar-refractivity contribution >= 4 is 0 Å². The number of hydrogen-bond donors (Lipinski definition) is 0. The summed E-state index contributed by atoms with van der Waals surface area (Å²) in [6, 6.07) is 6.48. The number of rotatable bonds is 6. The first kappa shape index (κ1) is 16.9. The molecule has 0 aliphatic carbocycles. The Morgan fingerprint density at radius 3 is 2.92 bits per heavy atom. The Kier molecular flexibility index (Phi) is 5.42. The highest BCUT2D eigenvalue weighted by Gasteiger charge is 2.22. The van der Waals surface area contributed by atoms with Gasteiger partial charge in [-0.05, 0) is 26.0 Å². The summed E-state index contributed by atoms with van der Waals surface area (Å²) in [4.78, 5) is 6.59. The van der Waals surface area contributed by atoms with Crippen LogP contribution in [0.3, 0.4) is 0 Å². The molecule has 1 aromatic carbocycles. The fourth-order valence-electron chi connectivity index (χ4n) is 2.87. The Bertz CT molecular complexity index is 676. The quantitative estimate of drug-likeness (QED) is 0.806. The van der Waals surface area contributed by atoms with Crippen LogP contribution in [-0.2, 0) is 11.3 Å². The smallest absolute Gasteiger partial charge is 0.165 e. The molecule has 1 aliphatic rings. The van der Waals surface area contributed by atoms with Crippen molar-refractivity contribution in [2.75, 3.05) is 32.8 Å². The van der Waals surface area contributed by atoms with Gasteiger partial charge in [-0.25, -0.2) is 14.1 Å². The van der Waals surface area contributed by atoms with E-state index in [2.05, 4.69) is 15.0 Å². The number of morpholine rings is 1. The number of benzene rings is 1. The SMILES string of the molecule is Cc1nc(C)n(C[C@H]2CN(CCOc3ccccc3F)CCO2)n1. The summed E-state index contributed by atoms with van der Waals surface area (Å²) in [7, 11) is 0. The van der Waals surface area contributed by atoms with Crippen molar-refractivity contribution < 1.29 is 13.9 Å². The van der Waals surface area contributed by atoms with Crippen LogP contribution < -0.4 is 4.74 Å². The van der Waals surface area contributed by atoms with Gasteiger partial charge in [0.1, 0.15) is 18.3 Å². The number of aromatic nitrogens is 3. The maximum absolute atomic E-state index is 13.5. The second kappa shape index (κ2) is 7.72. The maximum Gasteiger partial charge on any atom is 0.165 e. The molecular formula is C17H23FN4O2. The largest absolute Gasteiger partial charge is 0.489 e. The zero-order valence-electron chi connectivity index (χ0n) is 14.1. The highest BCUT2D eigenvalue weighted by Crippen LogP contribution is 2.15. The molecule has 0 unspecified atom stereocenters. The van der Waals surface area contributed by atoms with Gasteiger partial charge >= 0.3 is 0 Å². The fourth-order valence-corrected chi connectivity index (χ4v) is 2.87. The number of halogens is 1. The van der Waals surface area contributed by atoms with Crippen LogP contribution in [0.1, 0.15) is 11.6 Å². The van der Waals surface area contributed by atoms with E-state index in [-0.39, 0.29) is 11.9 Å². The van der Waals surface area contributed by atoms with Gasteiger partial charge in [-0.3, -0.25) is 4.90 Å². The highest BCUT2D eigenvalue weighted by molar-refractivity contribution is 5.23. The van der Waals surface area contributed by atoms with E-state index in [1.54, 1.807) is 18.2 Å². The summed E-state index contributed by atoms with van der Waals surface area (Å²) in [5.41, 5.74) is 0. The van der Waals surface area contributed by atoms with Gasteiger partial charge in [0.25, 0.3) is 0 Å². The number of ether oxygens (including phenoxy) is 2. The lowest BCUT2D eigenvalue weighted by molar-refractivity contribution is -0.0404. The summed E-state index contributed by atoms with van der Waals surface area (Å²) in [6.45, 7) is 8.05. The average Bonchev–Trinajstić information content (AvgIpc) is 2.87. The molecule has 0 amide bonds. The molecule has 0 spiro atoms. The topological polar surface area (TPSA) is 52.4 Å². The standard InChI is InChI=1S/C17H23FN4O2/c1-13-19-14(2)22(20-13)12-15-11-21(7-9-23-15)8-10-24-17-6-4-3-5-16(17)18/h3-6,15H,7-12H2,1-2H3/t15-/m1/s1. The summed E-state index contributed by atoms with van der Waals surface area (Å²) >= 11 is 0. The lowest BCUT2D eigenvalue weighted by atomic mass is 10.2. The molecule has 24 heavy (non-hydrogen) atoms. The third kappa shape index (κ3) is 4.30. The van der Waals surface area contributed by atoms with E-state index in [1.165, 1.54) is 6.07 Å². The lowest BCUT2D eigenvalue weighted by Gasteiger charge is -2.32. The number of nitrogens with zero attached hydrogens (tertiary/aromatic N) is 4. The van der Waals surface area contributed by atoms with Crippen molar-refractivity contribution in [3.8, 4) is 5.75 Å². The van der Waals surface area contributed by atoms with Crippen LogP contribution in [0.5, 0.6) is 5.75 Å². The first-order chi connectivity index (χ1) is 11.6. The number of aryl methyl sites for hydroxylation is 2. The third-order valence-electron chi connectivity index (χ3n) is 4.06. The zero-order valence-corrected chi connectivity index (χ0v) is 14.1. The van der Waals surface area contributed by atoms with Gasteiger partial charge in [-0.1, -0.05) is 12.1 Å². The molecule has 1 aliphatic heterocycles. The Morgan fingerprint density at radius 1 is 1.33 bits per heavy atom. The normalized spacial score (nSPS) is 18.7. The Balaban J connectivity index is 1.47. The van der Waals surface area contributed by atoms with Gasteiger partial charge in [0, 0.05) is 19.6 Å². The first-order valence-electron chi connectivity index (χ1n) is 8.21. The average molecular weight is 334 g/mol. The van der Waals surface area contributed by atoms with Crippen LogP contribution in [0, 0.1) is 19.7 Å². The van der Waals surface area contributed by atoms with Gasteiger partial charge in [0.2, 0.25) is 0 Å².